The van der Waals surface area contributed by atoms with Gasteiger partial charge in [-0.1, -0.05) is 44.2 Å². The van der Waals surface area contributed by atoms with E-state index in [4.69, 9.17) is 0 Å². The fraction of sp³-hybridized carbons (Fsp3) is 0.412. The van der Waals surface area contributed by atoms with Crippen LogP contribution in [0.5, 0.6) is 0 Å². The number of carbonyl (C=O) groups excluding carboxylic acids is 1. The molecule has 0 aliphatic heterocycles. The molecule has 22 heavy (non-hydrogen) atoms. The second-order valence-electron chi connectivity index (χ2n) is 5.60. The lowest BCUT2D eigenvalue weighted by Gasteiger charge is -2.17. The number of nitrogens with one attached hydrogen (secondary N) is 1. The van der Waals surface area contributed by atoms with Gasteiger partial charge in [0, 0.05) is 31.3 Å². The van der Waals surface area contributed by atoms with E-state index in [2.05, 4.69) is 24.1 Å². The number of nitrogens with zero attached hydrogens (tertiary/aromatic N) is 2. The summed E-state index contributed by atoms with van der Waals surface area (Å²) >= 11 is 0. The number of carbonyl (C=O) groups is 1. The Kier molecular flexibility index (Phi) is 5.72. The van der Waals surface area contributed by atoms with Gasteiger partial charge in [-0.2, -0.15) is 0 Å². The van der Waals surface area contributed by atoms with Crippen molar-refractivity contribution in [2.24, 2.45) is 0 Å². The van der Waals surface area contributed by atoms with E-state index in [1.54, 1.807) is 6.20 Å². The molecule has 2 aromatic rings. The van der Waals surface area contributed by atoms with E-state index in [9.17, 15) is 9.90 Å². The van der Waals surface area contributed by atoms with Gasteiger partial charge in [0.15, 0.2) is 0 Å². The van der Waals surface area contributed by atoms with E-state index in [0.717, 1.165) is 11.4 Å². The van der Waals surface area contributed by atoms with Crippen molar-refractivity contribution >= 4 is 5.91 Å². The Morgan fingerprint density at radius 2 is 2.05 bits per heavy atom. The summed E-state index contributed by atoms with van der Waals surface area (Å²) in [6.07, 6.45) is 4.01. The molecule has 118 valence electrons. The Hall–Kier alpha value is -2.14. The third kappa shape index (κ3) is 4.18. The predicted molar refractivity (Wildman–Crippen MR) is 85.3 cm³/mol. The number of benzene rings is 1. The molecule has 0 bridgehead atoms. The van der Waals surface area contributed by atoms with Crippen molar-refractivity contribution in [3.63, 3.8) is 0 Å². The van der Waals surface area contributed by atoms with Crippen molar-refractivity contribution in [1.82, 2.24) is 14.9 Å². The van der Waals surface area contributed by atoms with Crippen molar-refractivity contribution in [2.75, 3.05) is 6.61 Å². The van der Waals surface area contributed by atoms with Gasteiger partial charge < -0.3 is 15.0 Å². The van der Waals surface area contributed by atoms with Gasteiger partial charge in [0.2, 0.25) is 5.91 Å². The van der Waals surface area contributed by atoms with Gasteiger partial charge in [0.1, 0.15) is 5.82 Å². The number of hydrogen-bond acceptors (Lipinski definition) is 3. The van der Waals surface area contributed by atoms with Gasteiger partial charge in [0.05, 0.1) is 12.6 Å². The molecule has 1 aromatic carbocycles. The number of imidazole rings is 1. The van der Waals surface area contributed by atoms with E-state index < -0.39 is 0 Å². The maximum absolute atomic E-state index is 12.1. The van der Waals surface area contributed by atoms with E-state index in [-0.39, 0.29) is 18.6 Å². The molecule has 0 fully saturated rings. The molecule has 1 unspecified atom stereocenters. The Balaban J connectivity index is 1.91. The average molecular weight is 301 g/mol. The fourth-order valence-corrected chi connectivity index (χ4v) is 2.42. The molecule has 1 heterocycles. The van der Waals surface area contributed by atoms with E-state index in [1.165, 1.54) is 0 Å². The average Bonchev–Trinajstić information content (AvgIpc) is 3.00. The van der Waals surface area contributed by atoms with Crippen molar-refractivity contribution in [3.8, 4) is 0 Å². The minimum atomic E-state index is -0.360. The third-order valence-electron chi connectivity index (χ3n) is 3.56. The number of amides is 1. The summed E-state index contributed by atoms with van der Waals surface area (Å²) in [5.41, 5.74) is 0.906. The second kappa shape index (κ2) is 7.75. The molecule has 0 radical (unpaired) electrons. The van der Waals surface area contributed by atoms with E-state index >= 15 is 0 Å². The highest BCUT2D eigenvalue weighted by Crippen LogP contribution is 2.13. The van der Waals surface area contributed by atoms with Crippen LogP contribution in [0.25, 0.3) is 0 Å². The Morgan fingerprint density at radius 1 is 1.32 bits per heavy atom. The van der Waals surface area contributed by atoms with Crippen LogP contribution in [-0.4, -0.2) is 27.2 Å². The molecule has 1 amide bonds. The molecule has 2 N–H and O–H groups in total. The second-order valence-corrected chi connectivity index (χ2v) is 5.60. The molecule has 1 atom stereocenters. The normalized spacial score (nSPS) is 12.4. The fourth-order valence-electron chi connectivity index (χ4n) is 2.42. The van der Waals surface area contributed by atoms with E-state index in [0.29, 0.717) is 18.9 Å². The minimum absolute atomic E-state index is 0.0775. The first-order valence-corrected chi connectivity index (χ1v) is 7.58. The van der Waals surface area contributed by atoms with Crippen LogP contribution in [-0.2, 0) is 11.3 Å². The lowest BCUT2D eigenvalue weighted by Crippen LogP contribution is -2.31. The van der Waals surface area contributed by atoms with Gasteiger partial charge in [0.25, 0.3) is 0 Å². The maximum Gasteiger partial charge on any atom is 0.222 e. The van der Waals surface area contributed by atoms with Crippen molar-refractivity contribution in [3.05, 3.63) is 54.1 Å². The zero-order valence-corrected chi connectivity index (χ0v) is 13.1. The van der Waals surface area contributed by atoms with Gasteiger partial charge in [-0.3, -0.25) is 4.79 Å². The van der Waals surface area contributed by atoms with Gasteiger partial charge in [-0.05, 0) is 5.56 Å². The summed E-state index contributed by atoms with van der Waals surface area (Å²) in [5, 5.41) is 12.3. The molecule has 5 heteroatoms. The lowest BCUT2D eigenvalue weighted by molar-refractivity contribution is -0.122. The Bertz CT molecular complexity index is 593. The van der Waals surface area contributed by atoms with Crippen LogP contribution >= 0.6 is 0 Å². The van der Waals surface area contributed by atoms with Crippen LogP contribution in [0.2, 0.25) is 0 Å². The van der Waals surface area contributed by atoms with Gasteiger partial charge in [-0.25, -0.2) is 4.98 Å². The minimum Gasteiger partial charge on any atom is -0.394 e. The van der Waals surface area contributed by atoms with Crippen LogP contribution in [0.3, 0.4) is 0 Å². The summed E-state index contributed by atoms with van der Waals surface area (Å²) in [7, 11) is 0. The zero-order valence-electron chi connectivity index (χ0n) is 13.1. The van der Waals surface area contributed by atoms with Crippen LogP contribution in [0, 0.1) is 0 Å². The summed E-state index contributed by atoms with van der Waals surface area (Å²) in [6, 6.07) is 9.13. The lowest BCUT2D eigenvalue weighted by atomic mass is 10.1. The molecular weight excluding hydrogens is 278 g/mol. The SMILES string of the molecule is CC(C)c1nccn1CCC(=O)NC(CO)c1ccccc1. The van der Waals surface area contributed by atoms with E-state index in [1.807, 2.05) is 41.1 Å². The quantitative estimate of drug-likeness (QED) is 0.824. The zero-order chi connectivity index (χ0) is 15.9. The largest absolute Gasteiger partial charge is 0.394 e. The molecule has 5 nitrogen and oxygen atoms in total. The van der Waals surface area contributed by atoms with Crippen LogP contribution in [0.4, 0.5) is 0 Å². The van der Waals surface area contributed by atoms with Crippen molar-refractivity contribution in [1.29, 1.82) is 0 Å². The van der Waals surface area contributed by atoms with Crippen molar-refractivity contribution < 1.29 is 9.90 Å². The maximum atomic E-state index is 12.1. The standard InChI is InChI=1S/C17H23N3O2/c1-13(2)17-18-9-11-20(17)10-8-16(22)19-15(12-21)14-6-4-3-5-7-14/h3-7,9,11,13,15,21H,8,10,12H2,1-2H3,(H,19,22). The number of aromatic nitrogens is 2. The number of hydrogen-bond donors (Lipinski definition) is 2. The molecule has 0 saturated carbocycles. The Labute approximate surface area is 131 Å². The monoisotopic (exact) mass is 301 g/mol. The highest BCUT2D eigenvalue weighted by Gasteiger charge is 2.14. The predicted octanol–water partition coefficient (Wildman–Crippen LogP) is 2.25. The summed E-state index contributed by atoms with van der Waals surface area (Å²) in [6.45, 7) is 4.64. The third-order valence-corrected chi connectivity index (χ3v) is 3.56. The molecular formula is C17H23N3O2. The number of aliphatic hydroxyl groups is 1. The summed E-state index contributed by atoms with van der Waals surface area (Å²) < 4.78 is 2.00. The molecule has 0 spiro atoms. The van der Waals surface area contributed by atoms with Gasteiger partial charge in [-0.15, -0.1) is 0 Å². The van der Waals surface area contributed by atoms with Crippen LogP contribution < -0.4 is 5.32 Å². The van der Waals surface area contributed by atoms with Crippen LogP contribution in [0.1, 0.15) is 43.6 Å². The highest BCUT2D eigenvalue weighted by molar-refractivity contribution is 5.76. The summed E-state index contributed by atoms with van der Waals surface area (Å²) in [5.74, 6) is 1.23. The number of aliphatic hydroxyl groups excluding tert-OH is 1. The number of aryl methyl sites for hydroxylation is 1. The Morgan fingerprint density at radius 3 is 2.68 bits per heavy atom. The molecule has 1 aromatic heterocycles. The first-order chi connectivity index (χ1) is 10.6. The molecule has 2 rings (SSSR count). The molecule has 0 saturated heterocycles. The number of rotatable bonds is 7. The summed E-state index contributed by atoms with van der Waals surface area (Å²) in [4.78, 5) is 16.4. The first kappa shape index (κ1) is 16.2. The van der Waals surface area contributed by atoms with Crippen LogP contribution in [0.15, 0.2) is 42.7 Å². The highest BCUT2D eigenvalue weighted by atomic mass is 16.3. The van der Waals surface area contributed by atoms with Gasteiger partial charge >= 0.3 is 0 Å². The van der Waals surface area contributed by atoms with Crippen molar-refractivity contribution in [2.45, 2.75) is 38.8 Å². The molecule has 0 aliphatic carbocycles. The topological polar surface area (TPSA) is 67.2 Å². The molecule has 0 aliphatic rings. The smallest absolute Gasteiger partial charge is 0.222 e. The first-order valence-electron chi connectivity index (χ1n) is 7.58.